The molecule has 32 heavy (non-hydrogen) atoms. The molecule has 2 fully saturated rings. The lowest BCUT2D eigenvalue weighted by Crippen LogP contribution is -2.37. The molecule has 6 rings (SSSR count). The van der Waals surface area contributed by atoms with Crippen molar-refractivity contribution in [3.63, 3.8) is 0 Å². The quantitative estimate of drug-likeness (QED) is 0.620. The number of benzene rings is 1. The Labute approximate surface area is 188 Å². The highest BCUT2D eigenvalue weighted by Crippen LogP contribution is 2.50. The lowest BCUT2D eigenvalue weighted by molar-refractivity contribution is -0.214. The molecule has 168 valence electrons. The van der Waals surface area contributed by atoms with Crippen LogP contribution in [0.5, 0.6) is 0 Å². The molecule has 2 saturated heterocycles. The van der Waals surface area contributed by atoms with Crippen LogP contribution in [-0.2, 0) is 18.9 Å². The monoisotopic (exact) mass is 460 g/mol. The Morgan fingerprint density at radius 3 is 2.78 bits per heavy atom. The van der Waals surface area contributed by atoms with Gasteiger partial charge in [-0.2, -0.15) is 0 Å². The lowest BCUT2D eigenvalue weighted by Gasteiger charge is -2.34. The number of hydrogen-bond donors (Lipinski definition) is 1. The predicted molar refractivity (Wildman–Crippen MR) is 114 cm³/mol. The minimum Gasteiger partial charge on any atom is -0.383 e. The van der Waals surface area contributed by atoms with Gasteiger partial charge in [-0.3, -0.25) is 0 Å². The predicted octanol–water partition coefficient (Wildman–Crippen LogP) is 3.87. The molecule has 0 amide bonds. The highest BCUT2D eigenvalue weighted by Gasteiger charge is 2.59. The molecule has 3 aromatic rings. The van der Waals surface area contributed by atoms with Crippen LogP contribution in [0.2, 0.25) is 5.02 Å². The Bertz CT molecular complexity index is 1200. The van der Waals surface area contributed by atoms with Gasteiger partial charge < -0.3 is 29.2 Å². The number of hydrogen-bond acceptors (Lipinski definition) is 7. The average Bonchev–Trinajstić information content (AvgIpc) is 3.40. The number of aromatic nitrogens is 3. The first-order chi connectivity index (χ1) is 15.3. The summed E-state index contributed by atoms with van der Waals surface area (Å²) in [6, 6.07) is 7.02. The lowest BCUT2D eigenvalue weighted by atomic mass is 9.91. The molecular weight excluding hydrogens is 439 g/mol. The summed E-state index contributed by atoms with van der Waals surface area (Å²) in [5.41, 5.74) is 7.87. The van der Waals surface area contributed by atoms with E-state index >= 15 is 0 Å². The largest absolute Gasteiger partial charge is 0.383 e. The zero-order valence-electron chi connectivity index (χ0n) is 17.4. The molecule has 8 nitrogen and oxygen atoms in total. The third kappa shape index (κ3) is 3.03. The van der Waals surface area contributed by atoms with Crippen LogP contribution in [-0.4, -0.2) is 45.2 Å². The van der Waals surface area contributed by atoms with Gasteiger partial charge in [-0.1, -0.05) is 17.7 Å². The van der Waals surface area contributed by atoms with Crippen molar-refractivity contribution in [1.29, 1.82) is 0 Å². The second kappa shape index (κ2) is 7.10. The summed E-state index contributed by atoms with van der Waals surface area (Å²) in [5.74, 6) is -0.425. The highest BCUT2D eigenvalue weighted by molar-refractivity contribution is 6.30. The molecule has 0 saturated carbocycles. The first-order valence-corrected chi connectivity index (χ1v) is 10.8. The van der Waals surface area contributed by atoms with Gasteiger partial charge in [-0.25, -0.2) is 14.4 Å². The first kappa shape index (κ1) is 20.3. The van der Waals surface area contributed by atoms with Gasteiger partial charge in [-0.05, 0) is 43.2 Å². The van der Waals surface area contributed by atoms with E-state index in [-0.39, 0.29) is 6.61 Å². The number of halogens is 2. The van der Waals surface area contributed by atoms with Crippen molar-refractivity contribution in [3.05, 3.63) is 52.9 Å². The smallest absolute Gasteiger partial charge is 0.164 e. The van der Waals surface area contributed by atoms with Gasteiger partial charge in [0.2, 0.25) is 0 Å². The summed E-state index contributed by atoms with van der Waals surface area (Å²) in [5, 5.41) is 1.20. The van der Waals surface area contributed by atoms with Crippen LogP contribution >= 0.6 is 11.6 Å². The van der Waals surface area contributed by atoms with Crippen LogP contribution in [0.25, 0.3) is 11.0 Å². The van der Waals surface area contributed by atoms with Crippen molar-refractivity contribution in [1.82, 2.24) is 14.5 Å². The average molecular weight is 461 g/mol. The summed E-state index contributed by atoms with van der Waals surface area (Å²) in [6.07, 6.45) is -0.456. The maximum absolute atomic E-state index is 14.6. The molecule has 1 aromatic carbocycles. The fourth-order valence-electron chi connectivity index (χ4n) is 4.99. The number of nitrogens with two attached hydrogens (primary N) is 1. The van der Waals surface area contributed by atoms with Crippen molar-refractivity contribution in [2.24, 2.45) is 0 Å². The third-order valence-corrected chi connectivity index (χ3v) is 6.53. The summed E-state index contributed by atoms with van der Waals surface area (Å²) in [6.45, 7) is 3.64. The van der Waals surface area contributed by atoms with Crippen LogP contribution < -0.4 is 5.73 Å². The van der Waals surface area contributed by atoms with Crippen LogP contribution in [0.15, 0.2) is 36.8 Å². The molecule has 0 radical (unpaired) electrons. The van der Waals surface area contributed by atoms with Crippen LogP contribution in [0.3, 0.4) is 0 Å². The molecular formula is C22H22ClFN4O4. The molecule has 3 aliphatic rings. The maximum Gasteiger partial charge on any atom is 0.164 e. The standard InChI is InChI=1S/C22H22ClFN4O4/c1-22(2)31-17-16(15-11-4-3-10(23)7-13(11)14(24)8-29-15)30-21(18(17)32-22)28-6-5-12-19(25)26-9-27-20(12)28/h3-7,9,14-18,21H,8H2,1-2H3,(H2,25,26,27)/t14-,15-,16+,17-,18-,21-/m1/s1. The van der Waals surface area contributed by atoms with Gasteiger partial charge in [0.25, 0.3) is 0 Å². The van der Waals surface area contributed by atoms with Crippen molar-refractivity contribution in [2.75, 3.05) is 12.3 Å². The number of rotatable bonds is 2. The molecule has 2 N–H and O–H groups in total. The minimum atomic E-state index is -1.25. The fourth-order valence-corrected chi connectivity index (χ4v) is 5.17. The normalized spacial score (nSPS) is 33.4. The zero-order chi connectivity index (χ0) is 22.2. The molecule has 0 spiro atoms. The SMILES string of the molecule is CC1(C)O[C@@H]2[C@H]([C@@H]3OC[C@@H](F)c4cc(Cl)ccc43)O[C@@H](n3ccc4c(N)ncnc43)[C@@H]2O1. The van der Waals surface area contributed by atoms with Crippen LogP contribution in [0, 0.1) is 0 Å². The summed E-state index contributed by atoms with van der Waals surface area (Å²) < 4.78 is 41.4. The Kier molecular flexibility index (Phi) is 4.51. The van der Waals surface area contributed by atoms with Gasteiger partial charge in [0.05, 0.1) is 12.0 Å². The first-order valence-electron chi connectivity index (χ1n) is 10.5. The molecule has 5 heterocycles. The van der Waals surface area contributed by atoms with Gasteiger partial charge in [0.1, 0.15) is 48.4 Å². The second-order valence-corrected chi connectivity index (χ2v) is 9.21. The number of nitrogen functional groups attached to an aromatic ring is 1. The van der Waals surface area contributed by atoms with E-state index in [1.807, 2.05) is 30.7 Å². The van der Waals surface area contributed by atoms with Crippen molar-refractivity contribution in [2.45, 2.75) is 56.5 Å². The number of alkyl halides is 1. The van der Waals surface area contributed by atoms with E-state index in [1.165, 1.54) is 6.33 Å². The number of fused-ring (bicyclic) bond motifs is 3. The molecule has 2 aromatic heterocycles. The molecule has 6 atom stereocenters. The van der Waals surface area contributed by atoms with E-state index in [0.29, 0.717) is 27.6 Å². The number of nitrogens with zero attached hydrogens (tertiary/aromatic N) is 3. The number of anilines is 1. The van der Waals surface area contributed by atoms with Crippen molar-refractivity contribution >= 4 is 28.5 Å². The summed E-state index contributed by atoms with van der Waals surface area (Å²) >= 11 is 6.13. The van der Waals surface area contributed by atoms with E-state index in [9.17, 15) is 4.39 Å². The molecule has 3 aliphatic heterocycles. The number of ether oxygens (including phenoxy) is 4. The molecule has 0 unspecified atom stereocenters. The van der Waals surface area contributed by atoms with E-state index < -0.39 is 42.6 Å². The minimum absolute atomic E-state index is 0.0830. The molecule has 0 bridgehead atoms. The Balaban J connectivity index is 1.42. The maximum atomic E-state index is 14.6. The molecule has 0 aliphatic carbocycles. The fraction of sp³-hybridized carbons (Fsp3) is 0.455. The summed E-state index contributed by atoms with van der Waals surface area (Å²) in [4.78, 5) is 8.44. The Morgan fingerprint density at radius 1 is 1.12 bits per heavy atom. The zero-order valence-corrected chi connectivity index (χ0v) is 18.2. The van der Waals surface area contributed by atoms with Gasteiger partial charge in [-0.15, -0.1) is 0 Å². The van der Waals surface area contributed by atoms with Crippen molar-refractivity contribution < 1.29 is 23.3 Å². The van der Waals surface area contributed by atoms with Crippen LogP contribution in [0.4, 0.5) is 10.2 Å². The second-order valence-electron chi connectivity index (χ2n) is 8.77. The van der Waals surface area contributed by atoms with Gasteiger partial charge >= 0.3 is 0 Å². The topological polar surface area (TPSA) is 93.7 Å². The van der Waals surface area contributed by atoms with Gasteiger partial charge in [0.15, 0.2) is 12.0 Å². The van der Waals surface area contributed by atoms with Crippen LogP contribution in [0.1, 0.15) is 43.5 Å². The van der Waals surface area contributed by atoms with E-state index in [4.69, 9.17) is 36.3 Å². The Hall–Kier alpha value is -2.30. The Morgan fingerprint density at radius 2 is 1.94 bits per heavy atom. The van der Waals surface area contributed by atoms with E-state index in [1.54, 1.807) is 18.2 Å². The van der Waals surface area contributed by atoms with Crippen molar-refractivity contribution in [3.8, 4) is 0 Å². The molecule has 10 heteroatoms. The van der Waals surface area contributed by atoms with E-state index in [0.717, 1.165) is 5.39 Å². The summed E-state index contributed by atoms with van der Waals surface area (Å²) in [7, 11) is 0. The van der Waals surface area contributed by atoms with Gasteiger partial charge in [0, 0.05) is 11.2 Å². The van der Waals surface area contributed by atoms with E-state index in [2.05, 4.69) is 9.97 Å². The highest BCUT2D eigenvalue weighted by atomic mass is 35.5. The third-order valence-electron chi connectivity index (χ3n) is 6.29.